The number of anilines is 1. The van der Waals surface area contributed by atoms with Gasteiger partial charge >= 0.3 is 5.97 Å². The minimum atomic E-state index is -0.947. The summed E-state index contributed by atoms with van der Waals surface area (Å²) >= 11 is 11.7. The van der Waals surface area contributed by atoms with Gasteiger partial charge in [-0.25, -0.2) is 0 Å². The molecule has 100 valence electrons. The molecule has 0 fully saturated rings. The van der Waals surface area contributed by atoms with Crippen molar-refractivity contribution in [1.29, 1.82) is 0 Å². The standard InChI is InChI=1S/C10H14Cl2N4O2/c1-15(2)3-4-16(6-9(17)18)7-5-8(11)13-14-10(7)12/h5H,3-4,6H2,1-2H3,(H,17,18). The monoisotopic (exact) mass is 292 g/mol. The maximum absolute atomic E-state index is 10.9. The summed E-state index contributed by atoms with van der Waals surface area (Å²) in [6.45, 7) is 1.01. The van der Waals surface area contributed by atoms with E-state index in [4.69, 9.17) is 28.3 Å². The van der Waals surface area contributed by atoms with Crippen LogP contribution in [0.5, 0.6) is 0 Å². The van der Waals surface area contributed by atoms with E-state index < -0.39 is 5.97 Å². The molecule has 1 rings (SSSR count). The van der Waals surface area contributed by atoms with Crippen LogP contribution in [0, 0.1) is 0 Å². The number of carboxylic acids is 1. The van der Waals surface area contributed by atoms with Gasteiger partial charge in [-0.3, -0.25) is 4.79 Å². The third-order valence-electron chi connectivity index (χ3n) is 2.18. The second-order valence-electron chi connectivity index (χ2n) is 3.96. The molecule has 0 unspecified atom stereocenters. The predicted octanol–water partition coefficient (Wildman–Crippen LogP) is 1.24. The van der Waals surface area contributed by atoms with Crippen LogP contribution >= 0.6 is 23.2 Å². The van der Waals surface area contributed by atoms with E-state index in [1.165, 1.54) is 6.07 Å². The van der Waals surface area contributed by atoms with E-state index in [9.17, 15) is 4.79 Å². The highest BCUT2D eigenvalue weighted by molar-refractivity contribution is 6.33. The quantitative estimate of drug-likeness (QED) is 0.851. The average molecular weight is 293 g/mol. The molecule has 0 atom stereocenters. The molecule has 0 aromatic carbocycles. The predicted molar refractivity (Wildman–Crippen MR) is 70.5 cm³/mol. The van der Waals surface area contributed by atoms with Gasteiger partial charge in [0.2, 0.25) is 0 Å². The zero-order valence-corrected chi connectivity index (χ0v) is 11.6. The Morgan fingerprint density at radius 1 is 1.33 bits per heavy atom. The van der Waals surface area contributed by atoms with Crippen molar-refractivity contribution < 1.29 is 9.90 Å². The van der Waals surface area contributed by atoms with Crippen molar-refractivity contribution in [2.24, 2.45) is 0 Å². The van der Waals surface area contributed by atoms with Crippen molar-refractivity contribution in [3.63, 3.8) is 0 Å². The zero-order chi connectivity index (χ0) is 13.7. The number of carbonyl (C=O) groups is 1. The number of aliphatic carboxylic acids is 1. The lowest BCUT2D eigenvalue weighted by atomic mass is 10.3. The highest BCUT2D eigenvalue weighted by Gasteiger charge is 2.16. The Kier molecular flexibility index (Phi) is 5.58. The van der Waals surface area contributed by atoms with Gasteiger partial charge in [0.25, 0.3) is 0 Å². The van der Waals surface area contributed by atoms with Crippen LogP contribution in [-0.2, 0) is 4.79 Å². The second-order valence-corrected chi connectivity index (χ2v) is 4.71. The Labute approximate surface area is 115 Å². The summed E-state index contributed by atoms with van der Waals surface area (Å²) in [4.78, 5) is 14.4. The molecule has 0 bridgehead atoms. The topological polar surface area (TPSA) is 69.6 Å². The van der Waals surface area contributed by atoms with Crippen molar-refractivity contribution >= 4 is 34.9 Å². The molecule has 8 heteroatoms. The van der Waals surface area contributed by atoms with Crippen molar-refractivity contribution in [3.05, 3.63) is 16.4 Å². The van der Waals surface area contributed by atoms with Gasteiger partial charge in [-0.15, -0.1) is 10.2 Å². The van der Waals surface area contributed by atoms with Crippen molar-refractivity contribution in [2.75, 3.05) is 38.6 Å². The molecule has 1 aromatic heterocycles. The third kappa shape index (κ3) is 4.64. The maximum atomic E-state index is 10.9. The lowest BCUT2D eigenvalue weighted by Crippen LogP contribution is -2.36. The first-order valence-corrected chi connectivity index (χ1v) is 5.96. The number of nitrogens with zero attached hydrogens (tertiary/aromatic N) is 4. The largest absolute Gasteiger partial charge is 0.480 e. The van der Waals surface area contributed by atoms with Crippen LogP contribution in [0.4, 0.5) is 5.69 Å². The summed E-state index contributed by atoms with van der Waals surface area (Å²) in [6.07, 6.45) is 0. The smallest absolute Gasteiger partial charge is 0.323 e. The molecular formula is C10H14Cl2N4O2. The van der Waals surface area contributed by atoms with E-state index >= 15 is 0 Å². The number of halogens is 2. The molecule has 0 aliphatic carbocycles. The van der Waals surface area contributed by atoms with E-state index in [-0.39, 0.29) is 16.9 Å². The van der Waals surface area contributed by atoms with Gasteiger partial charge in [-0.2, -0.15) is 0 Å². The molecule has 0 radical (unpaired) electrons. The highest BCUT2D eigenvalue weighted by Crippen LogP contribution is 2.24. The maximum Gasteiger partial charge on any atom is 0.323 e. The summed E-state index contributed by atoms with van der Waals surface area (Å²) in [7, 11) is 3.80. The van der Waals surface area contributed by atoms with Crippen LogP contribution in [0.2, 0.25) is 10.3 Å². The lowest BCUT2D eigenvalue weighted by molar-refractivity contribution is -0.135. The molecular weight excluding hydrogens is 279 g/mol. The molecule has 0 saturated heterocycles. The van der Waals surface area contributed by atoms with E-state index in [2.05, 4.69) is 10.2 Å². The molecule has 0 spiro atoms. The first kappa shape index (κ1) is 14.9. The first-order chi connectivity index (χ1) is 8.40. The fraction of sp³-hybridized carbons (Fsp3) is 0.500. The highest BCUT2D eigenvalue weighted by atomic mass is 35.5. The molecule has 0 aliphatic heterocycles. The molecule has 0 saturated carbocycles. The zero-order valence-electron chi connectivity index (χ0n) is 10.1. The summed E-state index contributed by atoms with van der Waals surface area (Å²) < 4.78 is 0. The van der Waals surface area contributed by atoms with Gasteiger partial charge < -0.3 is 14.9 Å². The summed E-state index contributed by atoms with van der Waals surface area (Å²) in [5, 5.41) is 16.5. The molecule has 0 aliphatic rings. The molecule has 18 heavy (non-hydrogen) atoms. The fourth-order valence-corrected chi connectivity index (χ4v) is 1.69. The Hall–Kier alpha value is -1.11. The van der Waals surface area contributed by atoms with Crippen LogP contribution in [0.1, 0.15) is 0 Å². The van der Waals surface area contributed by atoms with E-state index in [1.54, 1.807) is 4.90 Å². The van der Waals surface area contributed by atoms with Crippen LogP contribution in [0.3, 0.4) is 0 Å². The van der Waals surface area contributed by atoms with Crippen LogP contribution in [0.15, 0.2) is 6.07 Å². The SMILES string of the molecule is CN(C)CCN(CC(=O)O)c1cc(Cl)nnc1Cl. The van der Waals surface area contributed by atoms with Gasteiger partial charge in [0, 0.05) is 19.2 Å². The van der Waals surface area contributed by atoms with E-state index in [0.29, 0.717) is 18.8 Å². The van der Waals surface area contributed by atoms with Crippen LogP contribution in [-0.4, -0.2) is 59.9 Å². The van der Waals surface area contributed by atoms with Gasteiger partial charge in [0.05, 0.1) is 5.69 Å². The second kappa shape index (κ2) is 6.72. The Morgan fingerprint density at radius 3 is 2.56 bits per heavy atom. The number of carboxylic acid groups (broad SMARTS) is 1. The number of aromatic nitrogens is 2. The van der Waals surface area contributed by atoms with Gasteiger partial charge in [0.15, 0.2) is 10.3 Å². The van der Waals surface area contributed by atoms with Gasteiger partial charge in [0.1, 0.15) is 6.54 Å². The van der Waals surface area contributed by atoms with E-state index in [0.717, 1.165) is 0 Å². The first-order valence-electron chi connectivity index (χ1n) is 5.20. The van der Waals surface area contributed by atoms with Gasteiger partial charge in [-0.05, 0) is 14.1 Å². The van der Waals surface area contributed by atoms with Crippen LogP contribution in [0.25, 0.3) is 0 Å². The number of hydrogen-bond acceptors (Lipinski definition) is 5. The lowest BCUT2D eigenvalue weighted by Gasteiger charge is -2.24. The number of likely N-dealkylation sites (N-methyl/N-ethyl adjacent to an activating group) is 1. The van der Waals surface area contributed by atoms with Gasteiger partial charge in [-0.1, -0.05) is 23.2 Å². The summed E-state index contributed by atoms with van der Waals surface area (Å²) in [6, 6.07) is 1.51. The summed E-state index contributed by atoms with van der Waals surface area (Å²) in [5.74, 6) is -0.947. The van der Waals surface area contributed by atoms with Crippen molar-refractivity contribution in [2.45, 2.75) is 0 Å². The average Bonchev–Trinajstić information content (AvgIpc) is 2.27. The molecule has 6 nitrogen and oxygen atoms in total. The van der Waals surface area contributed by atoms with Crippen LogP contribution < -0.4 is 4.90 Å². The van der Waals surface area contributed by atoms with Crippen molar-refractivity contribution in [3.8, 4) is 0 Å². The van der Waals surface area contributed by atoms with Crippen molar-refractivity contribution in [1.82, 2.24) is 15.1 Å². The molecule has 1 N–H and O–H groups in total. The Bertz CT molecular complexity index is 428. The Balaban J connectivity index is 2.93. The molecule has 1 heterocycles. The fourth-order valence-electron chi connectivity index (χ4n) is 1.33. The minimum absolute atomic E-state index is 0.138. The third-order valence-corrected chi connectivity index (χ3v) is 2.64. The number of rotatable bonds is 6. The number of hydrogen-bond donors (Lipinski definition) is 1. The molecule has 0 amide bonds. The van der Waals surface area contributed by atoms with E-state index in [1.807, 2.05) is 19.0 Å². The summed E-state index contributed by atoms with van der Waals surface area (Å²) in [5.41, 5.74) is 0.473. The minimum Gasteiger partial charge on any atom is -0.480 e. The Morgan fingerprint density at radius 2 is 2.00 bits per heavy atom. The normalized spacial score (nSPS) is 10.7. The molecule has 1 aromatic rings.